The first kappa shape index (κ1) is 13.9. The van der Waals surface area contributed by atoms with Crippen LogP contribution in [0.1, 0.15) is 11.5 Å². The minimum atomic E-state index is -1.82. The second-order valence-corrected chi connectivity index (χ2v) is 4.91. The maximum atomic E-state index is 13.6. The highest BCUT2D eigenvalue weighted by Crippen LogP contribution is 2.33. The van der Waals surface area contributed by atoms with Crippen LogP contribution in [-0.2, 0) is 0 Å². The van der Waals surface area contributed by atoms with E-state index in [0.717, 1.165) is 17.4 Å². The molecule has 0 bridgehead atoms. The third-order valence-corrected chi connectivity index (χ3v) is 3.50. The van der Waals surface area contributed by atoms with Gasteiger partial charge in [0, 0.05) is 17.1 Å². The van der Waals surface area contributed by atoms with E-state index in [9.17, 15) is 4.39 Å². The van der Waals surface area contributed by atoms with Gasteiger partial charge in [0.2, 0.25) is 0 Å². The molecule has 21 heavy (non-hydrogen) atoms. The van der Waals surface area contributed by atoms with E-state index in [-0.39, 0.29) is 11.4 Å². The molecule has 0 aliphatic carbocycles. The van der Waals surface area contributed by atoms with Crippen molar-refractivity contribution in [3.8, 4) is 11.5 Å². The average molecular weight is 288 g/mol. The average Bonchev–Trinajstić information content (AvgIpc) is 2.88. The summed E-state index contributed by atoms with van der Waals surface area (Å²) in [6.45, 7) is 0.909. The van der Waals surface area contributed by atoms with Crippen molar-refractivity contribution in [2.45, 2.75) is 5.92 Å². The van der Waals surface area contributed by atoms with Crippen LogP contribution in [0.5, 0.6) is 11.5 Å². The van der Waals surface area contributed by atoms with Gasteiger partial charge in [0.25, 0.3) is 0 Å². The Morgan fingerprint density at radius 3 is 2.81 bits per heavy atom. The molecule has 0 radical (unpaired) electrons. The molecule has 0 aromatic heterocycles. The fourth-order valence-corrected chi connectivity index (χ4v) is 2.37. The zero-order valence-electron chi connectivity index (χ0n) is 11.2. The lowest BCUT2D eigenvalue weighted by Crippen LogP contribution is -2.32. The first-order valence-electron chi connectivity index (χ1n) is 6.65. The molecule has 3 rings (SSSR count). The predicted molar refractivity (Wildman–Crippen MR) is 76.4 cm³/mol. The molecule has 0 spiro atoms. The van der Waals surface area contributed by atoms with Crippen molar-refractivity contribution in [3.63, 3.8) is 0 Å². The number of rotatable bonds is 4. The van der Waals surface area contributed by atoms with E-state index in [1.165, 1.54) is 12.1 Å². The number of hydrogen-bond acceptors (Lipinski definition) is 4. The predicted octanol–water partition coefficient (Wildman–Crippen LogP) is 1.06. The fourth-order valence-electron chi connectivity index (χ4n) is 2.37. The molecule has 1 atom stereocenters. The third kappa shape index (κ3) is 2.86. The van der Waals surface area contributed by atoms with Crippen LogP contribution in [0.3, 0.4) is 0 Å². The summed E-state index contributed by atoms with van der Waals surface area (Å²) in [5.41, 5.74) is 0.914. The number of para-hydroxylation sites is 1. The van der Waals surface area contributed by atoms with Crippen LogP contribution in [0, 0.1) is 5.82 Å². The van der Waals surface area contributed by atoms with Gasteiger partial charge in [0.05, 0.1) is 19.1 Å². The molecule has 1 heterocycles. The van der Waals surface area contributed by atoms with Crippen LogP contribution in [0.2, 0.25) is 0 Å². The molecule has 1 aliphatic heterocycles. The topological polar surface area (TPSA) is 58.9 Å². The minimum Gasteiger partial charge on any atom is -0.493 e. The van der Waals surface area contributed by atoms with Crippen LogP contribution < -0.4 is 14.9 Å². The first-order chi connectivity index (χ1) is 10.1. The Bertz CT molecular complexity index is 647. The molecule has 6 heteroatoms. The smallest absolute Gasteiger partial charge is 0.491 e. The lowest BCUT2D eigenvalue weighted by atomic mass is 9.80. The van der Waals surface area contributed by atoms with E-state index in [1.807, 2.05) is 24.3 Å². The number of ether oxygens (including phenoxy) is 2. The molecule has 2 aromatic carbocycles. The standard InChI is InChI=1S/C15H14BFO4/c17-14-7-11(5-6-13(14)16(18)19)20-8-10-9-21-15-4-2-1-3-12(10)15/h1-7,10,18-19H,8-9H2. The van der Waals surface area contributed by atoms with Gasteiger partial charge in [-0.05, 0) is 12.1 Å². The molecular formula is C15H14BFO4. The second-order valence-electron chi connectivity index (χ2n) is 4.91. The summed E-state index contributed by atoms with van der Waals surface area (Å²) in [7, 11) is -1.82. The quantitative estimate of drug-likeness (QED) is 0.826. The van der Waals surface area contributed by atoms with Gasteiger partial charge in [-0.15, -0.1) is 0 Å². The van der Waals surface area contributed by atoms with Gasteiger partial charge in [0.1, 0.15) is 17.3 Å². The molecule has 2 aromatic rings. The maximum absolute atomic E-state index is 13.6. The minimum absolute atomic E-state index is 0.104. The van der Waals surface area contributed by atoms with Crippen LogP contribution in [-0.4, -0.2) is 30.4 Å². The van der Waals surface area contributed by atoms with Crippen molar-refractivity contribution in [2.75, 3.05) is 13.2 Å². The van der Waals surface area contributed by atoms with E-state index >= 15 is 0 Å². The van der Waals surface area contributed by atoms with Crippen LogP contribution in [0.15, 0.2) is 42.5 Å². The second kappa shape index (κ2) is 5.75. The van der Waals surface area contributed by atoms with Crippen molar-refractivity contribution in [2.24, 2.45) is 0 Å². The molecule has 0 amide bonds. The van der Waals surface area contributed by atoms with E-state index in [2.05, 4.69) is 0 Å². The number of fused-ring (bicyclic) bond motifs is 1. The Labute approximate surface area is 121 Å². The van der Waals surface area contributed by atoms with Crippen LogP contribution in [0.4, 0.5) is 4.39 Å². The highest BCUT2D eigenvalue weighted by atomic mass is 19.1. The molecular weight excluding hydrogens is 274 g/mol. The highest BCUT2D eigenvalue weighted by Gasteiger charge is 2.24. The van der Waals surface area contributed by atoms with E-state index in [1.54, 1.807) is 0 Å². The zero-order chi connectivity index (χ0) is 14.8. The van der Waals surface area contributed by atoms with Gasteiger partial charge in [-0.25, -0.2) is 4.39 Å². The number of benzene rings is 2. The Hall–Kier alpha value is -2.05. The SMILES string of the molecule is OB(O)c1ccc(OCC2COc3ccccc32)cc1F. The normalized spacial score (nSPS) is 16.2. The van der Waals surface area contributed by atoms with Gasteiger partial charge < -0.3 is 19.5 Å². The van der Waals surface area contributed by atoms with E-state index in [4.69, 9.17) is 19.5 Å². The molecule has 108 valence electrons. The molecule has 1 unspecified atom stereocenters. The van der Waals surface area contributed by atoms with Crippen molar-refractivity contribution in [3.05, 3.63) is 53.8 Å². The van der Waals surface area contributed by atoms with Gasteiger partial charge in [-0.1, -0.05) is 24.3 Å². The molecule has 4 nitrogen and oxygen atoms in total. The van der Waals surface area contributed by atoms with E-state index < -0.39 is 12.9 Å². The van der Waals surface area contributed by atoms with Crippen molar-refractivity contribution >= 4 is 12.6 Å². The summed E-state index contributed by atoms with van der Waals surface area (Å²) >= 11 is 0. The van der Waals surface area contributed by atoms with Crippen molar-refractivity contribution in [1.82, 2.24) is 0 Å². The van der Waals surface area contributed by atoms with Gasteiger partial charge in [-0.2, -0.15) is 0 Å². The van der Waals surface area contributed by atoms with Gasteiger partial charge >= 0.3 is 7.12 Å². The van der Waals surface area contributed by atoms with Gasteiger partial charge in [-0.3, -0.25) is 0 Å². The number of hydrogen-bond donors (Lipinski definition) is 2. The summed E-state index contributed by atoms with van der Waals surface area (Å²) < 4.78 is 24.7. The fraction of sp³-hybridized carbons (Fsp3) is 0.200. The summed E-state index contributed by atoms with van der Waals surface area (Å²) in [5, 5.41) is 17.9. The lowest BCUT2D eigenvalue weighted by Gasteiger charge is -2.12. The van der Waals surface area contributed by atoms with Crippen molar-refractivity contribution < 1.29 is 23.9 Å². The van der Waals surface area contributed by atoms with E-state index in [0.29, 0.717) is 19.0 Å². The maximum Gasteiger partial charge on any atom is 0.491 e. The lowest BCUT2D eigenvalue weighted by molar-refractivity contribution is 0.248. The summed E-state index contributed by atoms with van der Waals surface area (Å²) in [5.74, 6) is 0.607. The molecule has 0 fully saturated rings. The first-order valence-corrected chi connectivity index (χ1v) is 6.65. The van der Waals surface area contributed by atoms with Crippen LogP contribution in [0.25, 0.3) is 0 Å². The van der Waals surface area contributed by atoms with Crippen molar-refractivity contribution in [1.29, 1.82) is 0 Å². The largest absolute Gasteiger partial charge is 0.493 e. The summed E-state index contributed by atoms with van der Waals surface area (Å²) in [6, 6.07) is 11.7. The third-order valence-electron chi connectivity index (χ3n) is 3.50. The summed E-state index contributed by atoms with van der Waals surface area (Å²) in [4.78, 5) is 0. The Balaban J connectivity index is 1.68. The van der Waals surface area contributed by atoms with Crippen LogP contribution >= 0.6 is 0 Å². The Morgan fingerprint density at radius 1 is 1.24 bits per heavy atom. The Kier molecular flexibility index (Phi) is 3.81. The molecule has 2 N–H and O–H groups in total. The number of halogens is 1. The van der Waals surface area contributed by atoms with Gasteiger partial charge in [0.15, 0.2) is 0 Å². The highest BCUT2D eigenvalue weighted by molar-refractivity contribution is 6.58. The monoisotopic (exact) mass is 288 g/mol. The summed E-state index contributed by atoms with van der Waals surface area (Å²) in [6.07, 6.45) is 0. The molecule has 0 saturated carbocycles. The Morgan fingerprint density at radius 2 is 2.05 bits per heavy atom. The molecule has 0 saturated heterocycles. The zero-order valence-corrected chi connectivity index (χ0v) is 11.2. The molecule has 1 aliphatic rings.